The molecule has 0 spiro atoms. The Morgan fingerprint density at radius 1 is 1.43 bits per heavy atom. The van der Waals surface area contributed by atoms with Crippen LogP contribution in [0.4, 0.5) is 0 Å². The third kappa shape index (κ3) is 5.40. The van der Waals surface area contributed by atoms with Crippen molar-refractivity contribution in [1.29, 1.82) is 0 Å². The number of amides is 1. The zero-order valence-corrected chi connectivity index (χ0v) is 15.4. The van der Waals surface area contributed by atoms with Crippen molar-refractivity contribution in [3.05, 3.63) is 29.8 Å². The van der Waals surface area contributed by atoms with Crippen LogP contribution in [0.25, 0.3) is 0 Å². The van der Waals surface area contributed by atoms with Gasteiger partial charge in [0.05, 0.1) is 12.5 Å². The third-order valence-electron chi connectivity index (χ3n) is 4.29. The summed E-state index contributed by atoms with van der Waals surface area (Å²) in [6.45, 7) is 9.75. The number of rotatable bonds is 4. The molecular formula is C18H29ClN2O2. The Labute approximate surface area is 145 Å². The molecule has 1 aliphatic rings. The van der Waals surface area contributed by atoms with E-state index in [0.717, 1.165) is 30.8 Å². The summed E-state index contributed by atoms with van der Waals surface area (Å²) in [4.78, 5) is 14.5. The molecule has 1 aliphatic heterocycles. The molecule has 1 heterocycles. The van der Waals surface area contributed by atoms with E-state index >= 15 is 0 Å². The number of carbonyl (C=O) groups excluding carboxylic acids is 1. The number of ether oxygens (including phenoxy) is 1. The zero-order valence-electron chi connectivity index (χ0n) is 14.5. The first kappa shape index (κ1) is 19.8. The smallest absolute Gasteiger partial charge is 0.227 e. The highest BCUT2D eigenvalue weighted by Crippen LogP contribution is 2.28. The van der Waals surface area contributed by atoms with Gasteiger partial charge in [-0.05, 0) is 43.4 Å². The van der Waals surface area contributed by atoms with Gasteiger partial charge in [0.25, 0.3) is 0 Å². The largest absolute Gasteiger partial charge is 0.491 e. The van der Waals surface area contributed by atoms with Gasteiger partial charge in [0.1, 0.15) is 5.75 Å². The van der Waals surface area contributed by atoms with Crippen molar-refractivity contribution in [3.63, 3.8) is 0 Å². The molecule has 2 N–H and O–H groups in total. The Hall–Kier alpha value is -1.26. The van der Waals surface area contributed by atoms with E-state index in [1.807, 2.05) is 43.0 Å². The lowest BCUT2D eigenvalue weighted by Crippen LogP contribution is -2.54. The Bertz CT molecular complexity index is 532. The number of nitrogens with zero attached hydrogens (tertiary/aromatic N) is 1. The number of likely N-dealkylation sites (tertiary alicyclic amines) is 1. The van der Waals surface area contributed by atoms with Gasteiger partial charge in [0.15, 0.2) is 0 Å². The van der Waals surface area contributed by atoms with Crippen molar-refractivity contribution < 1.29 is 9.53 Å². The van der Waals surface area contributed by atoms with Crippen molar-refractivity contribution in [3.8, 4) is 5.75 Å². The maximum atomic E-state index is 12.5. The molecule has 1 fully saturated rings. The predicted molar refractivity (Wildman–Crippen MR) is 96.1 cm³/mol. The Balaban J connectivity index is 0.00000264. The summed E-state index contributed by atoms with van der Waals surface area (Å²) in [6, 6.07) is 7.97. The lowest BCUT2D eigenvalue weighted by molar-refractivity contribution is -0.133. The highest BCUT2D eigenvalue weighted by atomic mass is 35.5. The molecule has 4 nitrogen and oxygen atoms in total. The minimum Gasteiger partial charge on any atom is -0.491 e. The highest BCUT2D eigenvalue weighted by Gasteiger charge is 2.35. The van der Waals surface area contributed by atoms with Crippen LogP contribution in [-0.4, -0.2) is 36.0 Å². The number of carbonyl (C=O) groups is 1. The molecule has 2 rings (SSSR count). The van der Waals surface area contributed by atoms with Gasteiger partial charge in [0, 0.05) is 19.1 Å². The second-order valence-electron chi connectivity index (χ2n) is 7.19. The van der Waals surface area contributed by atoms with Crippen LogP contribution >= 0.6 is 12.4 Å². The van der Waals surface area contributed by atoms with Crippen LogP contribution in [0.2, 0.25) is 0 Å². The van der Waals surface area contributed by atoms with Crippen molar-refractivity contribution in [2.45, 2.75) is 52.7 Å². The summed E-state index contributed by atoms with van der Waals surface area (Å²) >= 11 is 0. The quantitative estimate of drug-likeness (QED) is 0.916. The summed E-state index contributed by atoms with van der Waals surface area (Å²) in [5.74, 6) is 0.989. The number of piperidine rings is 1. The van der Waals surface area contributed by atoms with Crippen molar-refractivity contribution in [2.24, 2.45) is 11.1 Å². The van der Waals surface area contributed by atoms with E-state index in [9.17, 15) is 4.79 Å². The number of halogens is 1. The van der Waals surface area contributed by atoms with Gasteiger partial charge in [-0.15, -0.1) is 12.4 Å². The van der Waals surface area contributed by atoms with Crippen LogP contribution in [0, 0.1) is 5.41 Å². The topological polar surface area (TPSA) is 55.6 Å². The van der Waals surface area contributed by atoms with Gasteiger partial charge in [-0.2, -0.15) is 0 Å². The summed E-state index contributed by atoms with van der Waals surface area (Å²) in [5.41, 5.74) is 7.12. The summed E-state index contributed by atoms with van der Waals surface area (Å²) in [7, 11) is 0. The highest BCUT2D eigenvalue weighted by molar-refractivity contribution is 5.85. The Kier molecular flexibility index (Phi) is 6.90. The van der Waals surface area contributed by atoms with Crippen LogP contribution in [0.3, 0.4) is 0 Å². The minimum absolute atomic E-state index is 0. The second kappa shape index (κ2) is 8.02. The first-order chi connectivity index (χ1) is 10.3. The molecular weight excluding hydrogens is 312 g/mol. The maximum Gasteiger partial charge on any atom is 0.227 e. The van der Waals surface area contributed by atoms with Crippen LogP contribution in [0.5, 0.6) is 5.75 Å². The summed E-state index contributed by atoms with van der Waals surface area (Å²) < 4.78 is 5.69. The fraction of sp³-hybridized carbons (Fsp3) is 0.611. The molecule has 0 bridgehead atoms. The fourth-order valence-corrected chi connectivity index (χ4v) is 2.87. The van der Waals surface area contributed by atoms with Gasteiger partial charge in [-0.25, -0.2) is 0 Å². The normalized spacial score (nSPS) is 20.1. The average molecular weight is 341 g/mol. The molecule has 1 aromatic rings. The summed E-state index contributed by atoms with van der Waals surface area (Å²) in [6.07, 6.45) is 1.42. The van der Waals surface area contributed by atoms with Crippen molar-refractivity contribution in [1.82, 2.24) is 4.90 Å². The summed E-state index contributed by atoms with van der Waals surface area (Å²) in [5, 5.41) is 0. The van der Waals surface area contributed by atoms with Gasteiger partial charge < -0.3 is 15.4 Å². The van der Waals surface area contributed by atoms with Crippen molar-refractivity contribution >= 4 is 18.3 Å². The number of benzene rings is 1. The molecule has 1 unspecified atom stereocenters. The van der Waals surface area contributed by atoms with E-state index in [1.165, 1.54) is 0 Å². The minimum atomic E-state index is -0.0173. The van der Waals surface area contributed by atoms with Gasteiger partial charge in [0.2, 0.25) is 5.91 Å². The first-order valence-corrected chi connectivity index (χ1v) is 8.07. The average Bonchev–Trinajstić information content (AvgIpc) is 2.41. The van der Waals surface area contributed by atoms with E-state index in [2.05, 4.69) is 13.8 Å². The Morgan fingerprint density at radius 2 is 2.13 bits per heavy atom. The lowest BCUT2D eigenvalue weighted by atomic mass is 9.79. The van der Waals surface area contributed by atoms with E-state index in [-0.39, 0.29) is 35.9 Å². The van der Waals surface area contributed by atoms with E-state index in [4.69, 9.17) is 10.5 Å². The molecule has 0 saturated carbocycles. The standard InChI is InChI=1S/C18H28N2O2.ClH/c1-13(2)22-15-7-5-6-14(10-15)11-17(21)20-9-8-16(19)18(3,4)12-20;/h5-7,10,13,16H,8-9,11-12,19H2,1-4H3;1H. The zero-order chi connectivity index (χ0) is 16.3. The molecule has 130 valence electrons. The SMILES string of the molecule is CC(C)Oc1cccc(CC(=O)N2CCC(N)C(C)(C)C2)c1.Cl. The van der Waals surface area contributed by atoms with E-state index in [0.29, 0.717) is 6.42 Å². The molecule has 23 heavy (non-hydrogen) atoms. The number of hydrogen-bond acceptors (Lipinski definition) is 3. The fourth-order valence-electron chi connectivity index (χ4n) is 2.87. The van der Waals surface area contributed by atoms with Crippen LogP contribution in [-0.2, 0) is 11.2 Å². The van der Waals surface area contributed by atoms with Gasteiger partial charge in [-0.1, -0.05) is 26.0 Å². The molecule has 0 radical (unpaired) electrons. The predicted octanol–water partition coefficient (Wildman–Crippen LogP) is 3.02. The van der Waals surface area contributed by atoms with Crippen LogP contribution in [0.15, 0.2) is 24.3 Å². The molecule has 1 saturated heterocycles. The third-order valence-corrected chi connectivity index (χ3v) is 4.29. The van der Waals surface area contributed by atoms with Gasteiger partial charge >= 0.3 is 0 Å². The van der Waals surface area contributed by atoms with Crippen molar-refractivity contribution in [2.75, 3.05) is 13.1 Å². The first-order valence-electron chi connectivity index (χ1n) is 8.07. The molecule has 1 aromatic carbocycles. The maximum absolute atomic E-state index is 12.5. The number of nitrogens with two attached hydrogens (primary N) is 1. The Morgan fingerprint density at radius 3 is 2.74 bits per heavy atom. The van der Waals surface area contributed by atoms with E-state index < -0.39 is 0 Å². The molecule has 0 aliphatic carbocycles. The van der Waals surface area contributed by atoms with E-state index in [1.54, 1.807) is 0 Å². The number of hydrogen-bond donors (Lipinski definition) is 1. The van der Waals surface area contributed by atoms with Crippen LogP contribution < -0.4 is 10.5 Å². The molecule has 0 aromatic heterocycles. The monoisotopic (exact) mass is 340 g/mol. The molecule has 5 heteroatoms. The van der Waals surface area contributed by atoms with Crippen LogP contribution in [0.1, 0.15) is 39.7 Å². The molecule has 1 amide bonds. The molecule has 1 atom stereocenters. The van der Waals surface area contributed by atoms with Gasteiger partial charge in [-0.3, -0.25) is 4.79 Å². The second-order valence-corrected chi connectivity index (χ2v) is 7.19. The lowest BCUT2D eigenvalue weighted by Gasteiger charge is -2.42.